The SMILES string of the molecule is Cc1ccccc1C(O)CN1CC(C)CC1=O. The van der Waals surface area contributed by atoms with E-state index in [2.05, 4.69) is 6.92 Å². The van der Waals surface area contributed by atoms with Gasteiger partial charge in [0.2, 0.25) is 5.91 Å². The zero-order valence-corrected chi connectivity index (χ0v) is 10.4. The largest absolute Gasteiger partial charge is 0.387 e. The number of hydrogen-bond donors (Lipinski definition) is 1. The Labute approximate surface area is 102 Å². The van der Waals surface area contributed by atoms with Crippen LogP contribution in [0.5, 0.6) is 0 Å². The molecule has 0 aliphatic carbocycles. The summed E-state index contributed by atoms with van der Waals surface area (Å²) in [5.41, 5.74) is 1.99. The van der Waals surface area contributed by atoms with Crippen molar-refractivity contribution in [1.82, 2.24) is 4.90 Å². The lowest BCUT2D eigenvalue weighted by molar-refractivity contribution is -0.129. The molecule has 1 fully saturated rings. The third-order valence-corrected chi connectivity index (χ3v) is 3.35. The topological polar surface area (TPSA) is 40.5 Å². The highest BCUT2D eigenvalue weighted by Gasteiger charge is 2.28. The van der Waals surface area contributed by atoms with Crippen molar-refractivity contribution >= 4 is 5.91 Å². The summed E-state index contributed by atoms with van der Waals surface area (Å²) in [6.07, 6.45) is 0.0333. The van der Waals surface area contributed by atoms with Gasteiger partial charge in [-0.05, 0) is 24.0 Å². The van der Waals surface area contributed by atoms with E-state index < -0.39 is 6.10 Å². The monoisotopic (exact) mass is 233 g/mol. The molecule has 1 saturated heterocycles. The third kappa shape index (κ3) is 2.67. The van der Waals surface area contributed by atoms with E-state index in [1.165, 1.54) is 0 Å². The molecule has 3 nitrogen and oxygen atoms in total. The van der Waals surface area contributed by atoms with Crippen LogP contribution < -0.4 is 0 Å². The number of aliphatic hydroxyl groups is 1. The first kappa shape index (κ1) is 12.1. The minimum Gasteiger partial charge on any atom is -0.387 e. The van der Waals surface area contributed by atoms with Crippen LogP contribution in [0.25, 0.3) is 0 Å². The van der Waals surface area contributed by atoms with Crippen LogP contribution >= 0.6 is 0 Å². The van der Waals surface area contributed by atoms with E-state index in [0.717, 1.165) is 17.7 Å². The second-order valence-electron chi connectivity index (χ2n) is 4.98. The van der Waals surface area contributed by atoms with Gasteiger partial charge in [0.05, 0.1) is 12.6 Å². The molecule has 0 bridgehead atoms. The molecule has 1 heterocycles. The van der Waals surface area contributed by atoms with Crippen LogP contribution in [-0.4, -0.2) is 29.0 Å². The van der Waals surface area contributed by atoms with Crippen molar-refractivity contribution in [3.63, 3.8) is 0 Å². The maximum absolute atomic E-state index is 11.7. The fraction of sp³-hybridized carbons (Fsp3) is 0.500. The molecule has 1 amide bonds. The fourth-order valence-corrected chi connectivity index (χ4v) is 2.41. The van der Waals surface area contributed by atoms with Crippen LogP contribution in [0, 0.1) is 12.8 Å². The number of amides is 1. The van der Waals surface area contributed by atoms with Gasteiger partial charge in [-0.1, -0.05) is 31.2 Å². The molecule has 0 aromatic heterocycles. The van der Waals surface area contributed by atoms with Gasteiger partial charge in [0.15, 0.2) is 0 Å². The number of β-amino-alcohol motifs (C(OH)–C–C–N with tert-alkyl or cyclic N) is 1. The van der Waals surface area contributed by atoms with Crippen molar-refractivity contribution in [1.29, 1.82) is 0 Å². The van der Waals surface area contributed by atoms with Gasteiger partial charge in [-0.15, -0.1) is 0 Å². The highest BCUT2D eigenvalue weighted by Crippen LogP contribution is 2.23. The molecule has 0 saturated carbocycles. The number of likely N-dealkylation sites (tertiary alicyclic amines) is 1. The molecule has 1 aliphatic rings. The summed E-state index contributed by atoms with van der Waals surface area (Å²) in [5.74, 6) is 0.566. The summed E-state index contributed by atoms with van der Waals surface area (Å²) in [7, 11) is 0. The van der Waals surface area contributed by atoms with E-state index in [1.54, 1.807) is 4.90 Å². The van der Waals surface area contributed by atoms with Crippen LogP contribution in [0.1, 0.15) is 30.6 Å². The zero-order valence-electron chi connectivity index (χ0n) is 10.4. The minimum absolute atomic E-state index is 0.158. The molecule has 1 aliphatic heterocycles. The quantitative estimate of drug-likeness (QED) is 0.866. The number of rotatable bonds is 3. The molecular formula is C14H19NO2. The normalized spacial score (nSPS) is 21.9. The average Bonchev–Trinajstić information content (AvgIpc) is 2.58. The van der Waals surface area contributed by atoms with Gasteiger partial charge >= 0.3 is 0 Å². The second-order valence-corrected chi connectivity index (χ2v) is 4.98. The maximum Gasteiger partial charge on any atom is 0.223 e. The van der Waals surface area contributed by atoms with Crippen LogP contribution in [0.15, 0.2) is 24.3 Å². The lowest BCUT2D eigenvalue weighted by atomic mass is 10.0. The first-order valence-corrected chi connectivity index (χ1v) is 6.09. The molecule has 1 aromatic carbocycles. The molecule has 2 atom stereocenters. The Bertz CT molecular complexity index is 416. The Morgan fingerprint density at radius 2 is 2.18 bits per heavy atom. The number of hydrogen-bond acceptors (Lipinski definition) is 2. The molecule has 92 valence electrons. The number of benzene rings is 1. The molecule has 0 radical (unpaired) electrons. The predicted molar refractivity (Wildman–Crippen MR) is 66.5 cm³/mol. The van der Waals surface area contributed by atoms with Crippen molar-refractivity contribution < 1.29 is 9.90 Å². The van der Waals surface area contributed by atoms with Crippen molar-refractivity contribution in [2.45, 2.75) is 26.4 Å². The van der Waals surface area contributed by atoms with Crippen LogP contribution in [0.4, 0.5) is 0 Å². The highest BCUT2D eigenvalue weighted by molar-refractivity contribution is 5.78. The number of aryl methyl sites for hydroxylation is 1. The number of nitrogens with zero attached hydrogens (tertiary/aromatic N) is 1. The molecule has 1 aromatic rings. The van der Waals surface area contributed by atoms with E-state index in [-0.39, 0.29) is 5.91 Å². The smallest absolute Gasteiger partial charge is 0.223 e. The minimum atomic E-state index is -0.578. The Kier molecular flexibility index (Phi) is 3.48. The molecule has 0 spiro atoms. The molecule has 1 N–H and O–H groups in total. The third-order valence-electron chi connectivity index (χ3n) is 3.35. The van der Waals surface area contributed by atoms with E-state index in [9.17, 15) is 9.90 Å². The molecular weight excluding hydrogens is 214 g/mol. The van der Waals surface area contributed by atoms with Crippen LogP contribution in [0.3, 0.4) is 0 Å². The van der Waals surface area contributed by atoms with Gasteiger partial charge in [0.1, 0.15) is 0 Å². The van der Waals surface area contributed by atoms with Crippen molar-refractivity contribution in [3.05, 3.63) is 35.4 Å². The van der Waals surface area contributed by atoms with E-state index >= 15 is 0 Å². The van der Waals surface area contributed by atoms with Crippen molar-refractivity contribution in [3.8, 4) is 0 Å². The van der Waals surface area contributed by atoms with Gasteiger partial charge in [-0.2, -0.15) is 0 Å². The zero-order chi connectivity index (χ0) is 12.4. The standard InChI is InChI=1S/C14H19NO2/c1-10-7-14(17)15(8-10)9-13(16)12-6-4-3-5-11(12)2/h3-6,10,13,16H,7-9H2,1-2H3. The van der Waals surface area contributed by atoms with E-state index in [4.69, 9.17) is 0 Å². The summed E-state index contributed by atoms with van der Waals surface area (Å²) in [6, 6.07) is 7.77. The molecule has 3 heteroatoms. The first-order chi connectivity index (χ1) is 8.08. The fourth-order valence-electron chi connectivity index (χ4n) is 2.41. The summed E-state index contributed by atoms with van der Waals surface area (Å²) in [5, 5.41) is 10.2. The average molecular weight is 233 g/mol. The lowest BCUT2D eigenvalue weighted by Gasteiger charge is -2.21. The maximum atomic E-state index is 11.7. The van der Waals surface area contributed by atoms with E-state index in [0.29, 0.717) is 18.9 Å². The first-order valence-electron chi connectivity index (χ1n) is 6.09. The van der Waals surface area contributed by atoms with Gasteiger partial charge in [0.25, 0.3) is 0 Å². The van der Waals surface area contributed by atoms with Crippen LogP contribution in [0.2, 0.25) is 0 Å². The number of carbonyl (C=O) groups is 1. The van der Waals surface area contributed by atoms with Crippen LogP contribution in [-0.2, 0) is 4.79 Å². The highest BCUT2D eigenvalue weighted by atomic mass is 16.3. The molecule has 2 unspecified atom stereocenters. The van der Waals surface area contributed by atoms with E-state index in [1.807, 2.05) is 31.2 Å². The predicted octanol–water partition coefficient (Wildman–Crippen LogP) is 1.90. The Morgan fingerprint density at radius 1 is 1.47 bits per heavy atom. The Balaban J connectivity index is 2.05. The van der Waals surface area contributed by atoms with Gasteiger partial charge in [-0.25, -0.2) is 0 Å². The summed E-state index contributed by atoms with van der Waals surface area (Å²) >= 11 is 0. The summed E-state index contributed by atoms with van der Waals surface area (Å²) in [6.45, 7) is 5.22. The van der Waals surface area contributed by atoms with Crippen molar-refractivity contribution in [2.24, 2.45) is 5.92 Å². The molecule has 2 rings (SSSR count). The van der Waals surface area contributed by atoms with Gasteiger partial charge in [0, 0.05) is 13.0 Å². The number of aliphatic hydroxyl groups excluding tert-OH is 1. The van der Waals surface area contributed by atoms with Gasteiger partial charge < -0.3 is 10.0 Å². The van der Waals surface area contributed by atoms with Crippen molar-refractivity contribution in [2.75, 3.05) is 13.1 Å². The Hall–Kier alpha value is -1.35. The Morgan fingerprint density at radius 3 is 2.76 bits per heavy atom. The number of carbonyl (C=O) groups excluding carboxylic acids is 1. The lowest BCUT2D eigenvalue weighted by Crippen LogP contribution is -2.30. The summed E-state index contributed by atoms with van der Waals surface area (Å²) < 4.78 is 0. The van der Waals surface area contributed by atoms with Gasteiger partial charge in [-0.3, -0.25) is 4.79 Å². The second kappa shape index (κ2) is 4.88. The summed E-state index contributed by atoms with van der Waals surface area (Å²) in [4.78, 5) is 13.4. The molecule has 17 heavy (non-hydrogen) atoms.